The summed E-state index contributed by atoms with van der Waals surface area (Å²) in [6.07, 6.45) is -0.199. The molecule has 0 rings (SSSR count). The van der Waals surface area contributed by atoms with Gasteiger partial charge in [-0.1, -0.05) is 0 Å². The van der Waals surface area contributed by atoms with E-state index in [0.717, 1.165) is 6.54 Å². The summed E-state index contributed by atoms with van der Waals surface area (Å²) in [4.78, 5) is 1.95. The van der Waals surface area contributed by atoms with Crippen LogP contribution in [0.2, 0.25) is 0 Å². The third-order valence-electron chi connectivity index (χ3n) is 0.629. The van der Waals surface area contributed by atoms with Crippen molar-refractivity contribution < 1.29 is 5.11 Å². The number of nitrogens with zero attached hydrogens (tertiary/aromatic N) is 1. The van der Waals surface area contributed by atoms with Crippen molar-refractivity contribution in [1.82, 2.24) is 4.90 Å². The first-order valence-electron chi connectivity index (χ1n) is 2.45. The molecule has 0 unspecified atom stereocenters. The fraction of sp³-hybridized carbons (Fsp3) is 1.00. The molecule has 0 aliphatic carbocycles. The van der Waals surface area contributed by atoms with Gasteiger partial charge in [-0.25, -0.2) is 0 Å². The van der Waals surface area contributed by atoms with Crippen molar-refractivity contribution in [2.24, 2.45) is 0 Å². The number of likely N-dealkylation sites (N-methyl/N-ethyl adjacent to an activating group) is 1. The molecule has 0 radical (unpaired) electrons. The Morgan fingerprint density at radius 1 is 1.50 bits per heavy atom. The highest BCUT2D eigenvalue weighted by molar-refractivity contribution is 5.85. The van der Waals surface area contributed by atoms with E-state index in [1.165, 1.54) is 0 Å². The summed E-state index contributed by atoms with van der Waals surface area (Å²) in [7, 11) is 3.87. The summed E-state index contributed by atoms with van der Waals surface area (Å²) in [5.41, 5.74) is 0. The lowest BCUT2D eigenvalue weighted by atomic mass is 10.4. The van der Waals surface area contributed by atoms with Crippen LogP contribution in [0.5, 0.6) is 0 Å². The van der Waals surface area contributed by atoms with E-state index in [1.807, 2.05) is 19.0 Å². The van der Waals surface area contributed by atoms with Crippen LogP contribution in [-0.2, 0) is 0 Å². The molecular weight excluding hydrogens is 126 g/mol. The number of hydrogen-bond donors (Lipinski definition) is 1. The first-order valence-corrected chi connectivity index (χ1v) is 2.45. The molecule has 8 heavy (non-hydrogen) atoms. The molecule has 0 spiro atoms. The Morgan fingerprint density at radius 3 is 1.88 bits per heavy atom. The second-order valence-corrected chi connectivity index (χ2v) is 2.11. The van der Waals surface area contributed by atoms with Crippen molar-refractivity contribution in [1.29, 1.82) is 0 Å². The molecule has 3 heteroatoms. The molecule has 0 fully saturated rings. The average Bonchev–Trinajstić information content (AvgIpc) is 1.27. The van der Waals surface area contributed by atoms with Crippen LogP contribution in [0.15, 0.2) is 0 Å². The van der Waals surface area contributed by atoms with E-state index in [-0.39, 0.29) is 18.5 Å². The van der Waals surface area contributed by atoms with Gasteiger partial charge in [0, 0.05) is 6.54 Å². The van der Waals surface area contributed by atoms with Crippen molar-refractivity contribution in [3.8, 4) is 0 Å². The van der Waals surface area contributed by atoms with Gasteiger partial charge in [0.25, 0.3) is 0 Å². The van der Waals surface area contributed by atoms with Gasteiger partial charge in [0.1, 0.15) is 0 Å². The Hall–Kier alpha value is 0.210. The Balaban J connectivity index is 0. The maximum absolute atomic E-state index is 8.68. The molecule has 1 N–H and O–H groups in total. The topological polar surface area (TPSA) is 23.5 Å². The van der Waals surface area contributed by atoms with Crippen molar-refractivity contribution in [2.75, 3.05) is 20.6 Å². The molecule has 0 aliphatic rings. The van der Waals surface area contributed by atoms with Crippen LogP contribution in [0.4, 0.5) is 0 Å². The van der Waals surface area contributed by atoms with Gasteiger partial charge in [0.15, 0.2) is 0 Å². The number of rotatable bonds is 2. The monoisotopic (exact) mass is 139 g/mol. The molecule has 0 amide bonds. The number of halogens is 1. The standard InChI is InChI=1S/C5H13NO.ClH/c1-5(7)4-6(2)3;/h5,7H,4H2,1-3H3;1H/t5-;/m1./s1. The summed E-state index contributed by atoms with van der Waals surface area (Å²) >= 11 is 0. The van der Waals surface area contributed by atoms with Gasteiger partial charge < -0.3 is 10.0 Å². The van der Waals surface area contributed by atoms with E-state index in [1.54, 1.807) is 6.92 Å². The van der Waals surface area contributed by atoms with Crippen LogP contribution in [0.3, 0.4) is 0 Å². The van der Waals surface area contributed by atoms with E-state index >= 15 is 0 Å². The summed E-state index contributed by atoms with van der Waals surface area (Å²) < 4.78 is 0. The lowest BCUT2D eigenvalue weighted by Crippen LogP contribution is -2.22. The van der Waals surface area contributed by atoms with Gasteiger partial charge >= 0.3 is 0 Å². The molecule has 1 atom stereocenters. The molecule has 0 heterocycles. The molecule has 0 aromatic rings. The van der Waals surface area contributed by atoms with E-state index in [0.29, 0.717) is 0 Å². The number of hydrogen-bond acceptors (Lipinski definition) is 2. The van der Waals surface area contributed by atoms with Gasteiger partial charge in [-0.3, -0.25) is 0 Å². The lowest BCUT2D eigenvalue weighted by molar-refractivity contribution is 0.154. The fourth-order valence-electron chi connectivity index (χ4n) is 0.528. The van der Waals surface area contributed by atoms with Crippen molar-refractivity contribution in [3.63, 3.8) is 0 Å². The smallest absolute Gasteiger partial charge is 0.0638 e. The van der Waals surface area contributed by atoms with Crippen LogP contribution in [0.25, 0.3) is 0 Å². The maximum atomic E-state index is 8.68. The summed E-state index contributed by atoms with van der Waals surface area (Å²) in [5, 5.41) is 8.68. The largest absolute Gasteiger partial charge is 0.392 e. The highest BCUT2D eigenvalue weighted by Gasteiger charge is 1.93. The SMILES string of the molecule is C[C@@H](O)CN(C)C.Cl. The molecule has 0 saturated heterocycles. The van der Waals surface area contributed by atoms with Crippen LogP contribution in [0, 0.1) is 0 Å². The van der Waals surface area contributed by atoms with Crippen molar-refractivity contribution >= 4 is 12.4 Å². The first kappa shape index (κ1) is 11.1. The van der Waals surface area contributed by atoms with E-state index < -0.39 is 0 Å². The van der Waals surface area contributed by atoms with Gasteiger partial charge in [0.05, 0.1) is 6.10 Å². The third-order valence-corrected chi connectivity index (χ3v) is 0.629. The minimum atomic E-state index is -0.199. The Bertz CT molecular complexity index is 41.7. The van der Waals surface area contributed by atoms with Gasteiger partial charge in [-0.05, 0) is 21.0 Å². The second-order valence-electron chi connectivity index (χ2n) is 2.11. The van der Waals surface area contributed by atoms with E-state index in [9.17, 15) is 0 Å². The van der Waals surface area contributed by atoms with E-state index in [4.69, 9.17) is 5.11 Å². The quantitative estimate of drug-likeness (QED) is 0.597. The van der Waals surface area contributed by atoms with Crippen LogP contribution >= 0.6 is 12.4 Å². The molecule has 0 bridgehead atoms. The molecule has 0 aliphatic heterocycles. The first-order chi connectivity index (χ1) is 3.13. The summed E-state index contributed by atoms with van der Waals surface area (Å²) in [6.45, 7) is 2.53. The predicted octanol–water partition coefficient (Wildman–Crippen LogP) is 0.351. The van der Waals surface area contributed by atoms with Gasteiger partial charge in [-0.15, -0.1) is 12.4 Å². The zero-order valence-electron chi connectivity index (χ0n) is 5.59. The third kappa shape index (κ3) is 9.51. The van der Waals surface area contributed by atoms with E-state index in [2.05, 4.69) is 0 Å². The molecule has 0 aromatic carbocycles. The zero-order chi connectivity index (χ0) is 5.86. The minimum absolute atomic E-state index is 0. The van der Waals surface area contributed by atoms with Gasteiger partial charge in [0.2, 0.25) is 0 Å². The molecular formula is C5H14ClNO. The van der Waals surface area contributed by atoms with Gasteiger partial charge in [-0.2, -0.15) is 0 Å². The molecule has 0 aromatic heterocycles. The van der Waals surface area contributed by atoms with Crippen molar-refractivity contribution in [3.05, 3.63) is 0 Å². The van der Waals surface area contributed by atoms with Crippen molar-refractivity contribution in [2.45, 2.75) is 13.0 Å². The number of aliphatic hydroxyl groups is 1. The lowest BCUT2D eigenvalue weighted by Gasteiger charge is -2.10. The Kier molecular flexibility index (Phi) is 7.40. The fourth-order valence-corrected chi connectivity index (χ4v) is 0.528. The predicted molar refractivity (Wildman–Crippen MR) is 37.5 cm³/mol. The summed E-state index contributed by atoms with van der Waals surface area (Å²) in [6, 6.07) is 0. The van der Waals surface area contributed by atoms with Crippen LogP contribution < -0.4 is 0 Å². The average molecular weight is 140 g/mol. The summed E-state index contributed by atoms with van der Waals surface area (Å²) in [5.74, 6) is 0. The Morgan fingerprint density at radius 2 is 1.88 bits per heavy atom. The second kappa shape index (κ2) is 5.35. The molecule has 2 nitrogen and oxygen atoms in total. The Labute approximate surface area is 56.9 Å². The maximum Gasteiger partial charge on any atom is 0.0638 e. The normalized spacial score (nSPS) is 13.1. The van der Waals surface area contributed by atoms with Crippen LogP contribution in [0.1, 0.15) is 6.92 Å². The number of aliphatic hydroxyl groups excluding tert-OH is 1. The highest BCUT2D eigenvalue weighted by Crippen LogP contribution is 1.80. The molecule has 52 valence electrons. The molecule has 0 saturated carbocycles. The van der Waals surface area contributed by atoms with Crippen LogP contribution in [-0.4, -0.2) is 36.8 Å². The minimum Gasteiger partial charge on any atom is -0.392 e. The highest BCUT2D eigenvalue weighted by atomic mass is 35.5. The zero-order valence-corrected chi connectivity index (χ0v) is 6.40.